The van der Waals surface area contributed by atoms with Crippen molar-refractivity contribution in [1.29, 1.82) is 0 Å². The molecular formula is C7H13F3O. The van der Waals surface area contributed by atoms with Gasteiger partial charge in [-0.15, -0.1) is 0 Å². The van der Waals surface area contributed by atoms with Crippen molar-refractivity contribution in [3.05, 3.63) is 0 Å². The van der Waals surface area contributed by atoms with Gasteiger partial charge in [0.05, 0.1) is 6.10 Å². The van der Waals surface area contributed by atoms with Crippen LogP contribution in [0.1, 0.15) is 26.7 Å². The number of rotatable bonds is 4. The Balaban J connectivity index is 3.38. The zero-order valence-electron chi connectivity index (χ0n) is 6.74. The first-order valence-corrected chi connectivity index (χ1v) is 3.64. The minimum Gasteiger partial charge on any atom is -0.369 e. The molecular weight excluding hydrogens is 157 g/mol. The van der Waals surface area contributed by atoms with E-state index in [0.29, 0.717) is 6.42 Å². The Labute approximate surface area is 64.5 Å². The lowest BCUT2D eigenvalue weighted by Crippen LogP contribution is -2.21. The summed E-state index contributed by atoms with van der Waals surface area (Å²) >= 11 is 0. The molecule has 0 aliphatic rings. The second-order valence-corrected chi connectivity index (χ2v) is 2.53. The van der Waals surface area contributed by atoms with Gasteiger partial charge in [-0.2, -0.15) is 13.2 Å². The average molecular weight is 170 g/mol. The molecule has 0 rings (SSSR count). The van der Waals surface area contributed by atoms with E-state index in [2.05, 4.69) is 4.74 Å². The van der Waals surface area contributed by atoms with Crippen LogP contribution in [0.3, 0.4) is 0 Å². The average Bonchev–Trinajstić information content (AvgIpc) is 1.83. The highest BCUT2D eigenvalue weighted by Crippen LogP contribution is 2.16. The van der Waals surface area contributed by atoms with Gasteiger partial charge in [0.1, 0.15) is 6.61 Å². The van der Waals surface area contributed by atoms with Crippen molar-refractivity contribution in [3.8, 4) is 0 Å². The number of hydrogen-bond acceptors (Lipinski definition) is 1. The SMILES string of the molecule is CCCC(C)OCC(F)(F)F. The predicted molar refractivity (Wildman–Crippen MR) is 36.4 cm³/mol. The Bertz CT molecular complexity index is 100. The lowest BCUT2D eigenvalue weighted by molar-refractivity contribution is -0.184. The first-order chi connectivity index (χ1) is 4.95. The van der Waals surface area contributed by atoms with Gasteiger partial charge in [-0.25, -0.2) is 0 Å². The number of hydrogen-bond donors (Lipinski definition) is 0. The van der Waals surface area contributed by atoms with Crippen LogP contribution in [-0.4, -0.2) is 18.9 Å². The summed E-state index contributed by atoms with van der Waals surface area (Å²) in [5.74, 6) is 0. The van der Waals surface area contributed by atoms with Gasteiger partial charge in [0.25, 0.3) is 0 Å². The summed E-state index contributed by atoms with van der Waals surface area (Å²) in [6.07, 6.45) is -2.96. The fourth-order valence-corrected chi connectivity index (χ4v) is 0.727. The minimum absolute atomic E-state index is 0.290. The van der Waals surface area contributed by atoms with Gasteiger partial charge in [-0.1, -0.05) is 13.3 Å². The van der Waals surface area contributed by atoms with Crippen LogP contribution in [0.4, 0.5) is 13.2 Å². The van der Waals surface area contributed by atoms with E-state index in [1.807, 2.05) is 6.92 Å². The third-order valence-corrected chi connectivity index (χ3v) is 1.23. The van der Waals surface area contributed by atoms with Gasteiger partial charge in [-0.05, 0) is 13.3 Å². The molecule has 0 amide bonds. The third-order valence-electron chi connectivity index (χ3n) is 1.23. The summed E-state index contributed by atoms with van der Waals surface area (Å²) in [6.45, 7) is 2.43. The van der Waals surface area contributed by atoms with Crippen molar-refractivity contribution in [2.75, 3.05) is 6.61 Å². The molecule has 0 spiro atoms. The van der Waals surface area contributed by atoms with E-state index in [9.17, 15) is 13.2 Å². The van der Waals surface area contributed by atoms with Gasteiger partial charge < -0.3 is 4.74 Å². The second-order valence-electron chi connectivity index (χ2n) is 2.53. The fraction of sp³-hybridized carbons (Fsp3) is 1.00. The van der Waals surface area contributed by atoms with Crippen LogP contribution in [0.15, 0.2) is 0 Å². The molecule has 1 unspecified atom stereocenters. The molecule has 68 valence electrons. The van der Waals surface area contributed by atoms with Gasteiger partial charge in [0.2, 0.25) is 0 Å². The summed E-state index contributed by atoms with van der Waals surface area (Å²) in [6, 6.07) is 0. The maximum Gasteiger partial charge on any atom is 0.411 e. The molecule has 0 saturated heterocycles. The van der Waals surface area contributed by atoms with Crippen molar-refractivity contribution in [3.63, 3.8) is 0 Å². The molecule has 0 aromatic rings. The van der Waals surface area contributed by atoms with E-state index in [1.54, 1.807) is 6.92 Å². The molecule has 0 radical (unpaired) electrons. The monoisotopic (exact) mass is 170 g/mol. The zero-order chi connectivity index (χ0) is 8.91. The Morgan fingerprint density at radius 2 is 1.91 bits per heavy atom. The van der Waals surface area contributed by atoms with E-state index >= 15 is 0 Å². The highest BCUT2D eigenvalue weighted by molar-refractivity contribution is 4.52. The molecule has 4 heteroatoms. The Morgan fingerprint density at radius 1 is 1.36 bits per heavy atom. The molecule has 0 fully saturated rings. The molecule has 0 aliphatic heterocycles. The van der Waals surface area contributed by atoms with Crippen LogP contribution < -0.4 is 0 Å². The summed E-state index contributed by atoms with van der Waals surface area (Å²) in [5, 5.41) is 0. The fourth-order valence-electron chi connectivity index (χ4n) is 0.727. The molecule has 1 nitrogen and oxygen atoms in total. The quantitative estimate of drug-likeness (QED) is 0.630. The molecule has 11 heavy (non-hydrogen) atoms. The van der Waals surface area contributed by atoms with E-state index in [0.717, 1.165) is 6.42 Å². The van der Waals surface area contributed by atoms with Crippen LogP contribution in [0, 0.1) is 0 Å². The van der Waals surface area contributed by atoms with E-state index in [4.69, 9.17) is 0 Å². The lowest BCUT2D eigenvalue weighted by atomic mass is 10.2. The number of halogens is 3. The van der Waals surface area contributed by atoms with Crippen molar-refractivity contribution in [2.24, 2.45) is 0 Å². The molecule has 1 atom stereocenters. The molecule has 0 aromatic heterocycles. The molecule has 0 saturated carbocycles. The predicted octanol–water partition coefficient (Wildman–Crippen LogP) is 2.75. The Kier molecular flexibility index (Phi) is 4.49. The van der Waals surface area contributed by atoms with E-state index in [1.165, 1.54) is 0 Å². The number of alkyl halides is 3. The summed E-state index contributed by atoms with van der Waals surface area (Å²) in [7, 11) is 0. The van der Waals surface area contributed by atoms with Gasteiger partial charge >= 0.3 is 6.18 Å². The Hall–Kier alpha value is -0.250. The van der Waals surface area contributed by atoms with Gasteiger partial charge in [0.15, 0.2) is 0 Å². The van der Waals surface area contributed by atoms with Crippen LogP contribution in [0.2, 0.25) is 0 Å². The van der Waals surface area contributed by atoms with Gasteiger partial charge in [-0.3, -0.25) is 0 Å². The molecule has 0 aromatic carbocycles. The largest absolute Gasteiger partial charge is 0.411 e. The molecule has 0 aliphatic carbocycles. The summed E-state index contributed by atoms with van der Waals surface area (Å²) in [4.78, 5) is 0. The highest BCUT2D eigenvalue weighted by Gasteiger charge is 2.28. The van der Waals surface area contributed by atoms with Crippen LogP contribution in [-0.2, 0) is 4.74 Å². The van der Waals surface area contributed by atoms with Crippen molar-refractivity contribution >= 4 is 0 Å². The minimum atomic E-state index is -4.19. The van der Waals surface area contributed by atoms with Crippen LogP contribution in [0.25, 0.3) is 0 Å². The zero-order valence-corrected chi connectivity index (χ0v) is 6.74. The van der Waals surface area contributed by atoms with E-state index in [-0.39, 0.29) is 6.10 Å². The molecule has 0 bridgehead atoms. The van der Waals surface area contributed by atoms with Crippen molar-refractivity contribution < 1.29 is 17.9 Å². The van der Waals surface area contributed by atoms with Crippen LogP contribution >= 0.6 is 0 Å². The third kappa shape index (κ3) is 7.65. The first kappa shape index (κ1) is 10.8. The standard InChI is InChI=1S/C7H13F3O/c1-3-4-6(2)11-5-7(8,9)10/h6H,3-5H2,1-2H3. The second kappa shape index (κ2) is 4.59. The summed E-state index contributed by atoms with van der Waals surface area (Å²) in [5.41, 5.74) is 0. The summed E-state index contributed by atoms with van der Waals surface area (Å²) < 4.78 is 39.1. The topological polar surface area (TPSA) is 9.23 Å². The highest BCUT2D eigenvalue weighted by atomic mass is 19.4. The van der Waals surface area contributed by atoms with Crippen molar-refractivity contribution in [1.82, 2.24) is 0 Å². The maximum atomic E-state index is 11.5. The normalized spacial score (nSPS) is 15.0. The Morgan fingerprint density at radius 3 is 2.27 bits per heavy atom. The lowest BCUT2D eigenvalue weighted by Gasteiger charge is -2.13. The van der Waals surface area contributed by atoms with Gasteiger partial charge in [0, 0.05) is 0 Å². The van der Waals surface area contributed by atoms with Crippen LogP contribution in [0.5, 0.6) is 0 Å². The number of ether oxygens (including phenoxy) is 1. The first-order valence-electron chi connectivity index (χ1n) is 3.64. The maximum absolute atomic E-state index is 11.5. The van der Waals surface area contributed by atoms with E-state index < -0.39 is 12.8 Å². The smallest absolute Gasteiger partial charge is 0.369 e. The molecule has 0 N–H and O–H groups in total. The van der Waals surface area contributed by atoms with Crippen molar-refractivity contribution in [2.45, 2.75) is 39.0 Å². The molecule has 0 heterocycles.